The Labute approximate surface area is 122 Å². The van der Waals surface area contributed by atoms with Crippen LogP contribution in [0.3, 0.4) is 0 Å². The molecule has 0 radical (unpaired) electrons. The third-order valence-electron chi connectivity index (χ3n) is 3.80. The molecular weight excluding hydrogens is 252 g/mol. The van der Waals surface area contributed by atoms with Gasteiger partial charge in [-0.25, -0.2) is 0 Å². The zero-order chi connectivity index (χ0) is 14.4. The largest absolute Gasteiger partial charge is 0.494 e. The second kappa shape index (κ2) is 7.62. The number of nitrogens with zero attached hydrogens (tertiary/aromatic N) is 1. The Morgan fingerprint density at radius 3 is 2.65 bits per heavy atom. The fourth-order valence-corrected chi connectivity index (χ4v) is 2.87. The molecule has 2 unspecified atom stereocenters. The lowest BCUT2D eigenvalue weighted by molar-refractivity contribution is -0.0686. The predicted octanol–water partition coefficient (Wildman–Crippen LogP) is 2.07. The van der Waals surface area contributed by atoms with Crippen molar-refractivity contribution in [2.45, 2.75) is 26.0 Å². The predicted molar refractivity (Wildman–Crippen MR) is 81.3 cm³/mol. The minimum absolute atomic E-state index is 0.201. The van der Waals surface area contributed by atoms with Crippen molar-refractivity contribution in [2.75, 3.05) is 39.9 Å². The molecule has 4 heteroatoms. The van der Waals surface area contributed by atoms with Crippen molar-refractivity contribution in [3.63, 3.8) is 0 Å². The average molecular weight is 278 g/mol. The molecule has 1 heterocycles. The molecule has 112 valence electrons. The van der Waals surface area contributed by atoms with Gasteiger partial charge in [-0.2, -0.15) is 0 Å². The van der Waals surface area contributed by atoms with Crippen LogP contribution < -0.4 is 10.1 Å². The molecule has 2 atom stereocenters. The summed E-state index contributed by atoms with van der Waals surface area (Å²) in [5.74, 6) is 0.932. The smallest absolute Gasteiger partial charge is 0.119 e. The molecule has 0 amide bonds. The number of hydrogen-bond acceptors (Lipinski definition) is 4. The molecule has 1 aliphatic rings. The van der Waals surface area contributed by atoms with Crippen LogP contribution in [0.5, 0.6) is 5.75 Å². The maximum atomic E-state index is 5.96. The summed E-state index contributed by atoms with van der Waals surface area (Å²) >= 11 is 0. The molecule has 20 heavy (non-hydrogen) atoms. The van der Waals surface area contributed by atoms with Crippen molar-refractivity contribution in [3.05, 3.63) is 29.8 Å². The van der Waals surface area contributed by atoms with E-state index in [9.17, 15) is 0 Å². The summed E-state index contributed by atoms with van der Waals surface area (Å²) in [4.78, 5) is 2.49. The van der Waals surface area contributed by atoms with Gasteiger partial charge in [0.2, 0.25) is 0 Å². The van der Waals surface area contributed by atoms with Crippen molar-refractivity contribution < 1.29 is 9.47 Å². The van der Waals surface area contributed by atoms with Crippen molar-refractivity contribution in [1.29, 1.82) is 0 Å². The van der Waals surface area contributed by atoms with Crippen molar-refractivity contribution >= 4 is 0 Å². The molecule has 1 aliphatic heterocycles. The van der Waals surface area contributed by atoms with Crippen LogP contribution in [0.1, 0.15) is 25.5 Å². The number of benzene rings is 1. The van der Waals surface area contributed by atoms with E-state index in [0.717, 1.165) is 32.0 Å². The Balaban J connectivity index is 2.19. The summed E-state index contributed by atoms with van der Waals surface area (Å²) in [5, 5.41) is 3.24. The molecule has 0 spiro atoms. The van der Waals surface area contributed by atoms with E-state index in [-0.39, 0.29) is 6.10 Å². The fraction of sp³-hybridized carbons (Fsp3) is 0.625. The number of rotatable bonds is 6. The van der Waals surface area contributed by atoms with Crippen LogP contribution in [0.25, 0.3) is 0 Å². The van der Waals surface area contributed by atoms with Gasteiger partial charge in [0.15, 0.2) is 0 Å². The molecule has 0 aliphatic carbocycles. The van der Waals surface area contributed by atoms with Crippen molar-refractivity contribution in [1.82, 2.24) is 10.2 Å². The first-order valence-corrected chi connectivity index (χ1v) is 7.53. The lowest BCUT2D eigenvalue weighted by atomic mass is 9.97. The van der Waals surface area contributed by atoms with Crippen LogP contribution in [-0.4, -0.2) is 50.9 Å². The van der Waals surface area contributed by atoms with Crippen LogP contribution >= 0.6 is 0 Å². The molecule has 0 saturated carbocycles. The molecule has 2 rings (SSSR count). The van der Waals surface area contributed by atoms with Crippen LogP contribution in [-0.2, 0) is 4.74 Å². The third kappa shape index (κ3) is 3.51. The topological polar surface area (TPSA) is 33.7 Å². The standard InChI is InChI=1S/C16H26N2O2/c1-4-18-10-11-20-15(12-17-3)16(18)13-6-8-14(9-7-13)19-5-2/h6-9,15-17H,4-5,10-12H2,1-3H3. The maximum absolute atomic E-state index is 5.96. The van der Waals surface area contributed by atoms with Gasteiger partial charge in [-0.3, -0.25) is 4.90 Å². The number of hydrogen-bond donors (Lipinski definition) is 1. The van der Waals surface area contributed by atoms with Gasteiger partial charge in [-0.15, -0.1) is 0 Å². The first kappa shape index (κ1) is 15.3. The second-order valence-electron chi connectivity index (χ2n) is 5.04. The zero-order valence-corrected chi connectivity index (χ0v) is 12.8. The molecule has 1 fully saturated rings. The average Bonchev–Trinajstić information content (AvgIpc) is 2.49. The van der Waals surface area contributed by atoms with Gasteiger partial charge in [-0.05, 0) is 38.2 Å². The molecule has 1 saturated heterocycles. The molecule has 1 aromatic carbocycles. The Morgan fingerprint density at radius 1 is 1.30 bits per heavy atom. The van der Waals surface area contributed by atoms with Crippen LogP contribution in [0.2, 0.25) is 0 Å². The highest BCUT2D eigenvalue weighted by molar-refractivity contribution is 5.30. The Hall–Kier alpha value is -1.10. The first-order chi connectivity index (χ1) is 9.80. The summed E-state index contributed by atoms with van der Waals surface area (Å²) in [7, 11) is 1.98. The van der Waals surface area contributed by atoms with E-state index in [4.69, 9.17) is 9.47 Å². The Kier molecular flexibility index (Phi) is 5.83. The minimum Gasteiger partial charge on any atom is -0.494 e. The number of ether oxygens (including phenoxy) is 2. The van der Waals surface area contributed by atoms with E-state index in [2.05, 4.69) is 41.4 Å². The highest BCUT2D eigenvalue weighted by atomic mass is 16.5. The highest BCUT2D eigenvalue weighted by Gasteiger charge is 2.32. The molecule has 0 aromatic heterocycles. The van der Waals surface area contributed by atoms with Crippen LogP contribution in [0.4, 0.5) is 0 Å². The minimum atomic E-state index is 0.201. The molecule has 0 bridgehead atoms. The summed E-state index contributed by atoms with van der Waals surface area (Å²) in [5.41, 5.74) is 1.30. The van der Waals surface area contributed by atoms with Gasteiger partial charge >= 0.3 is 0 Å². The van der Waals surface area contributed by atoms with Crippen molar-refractivity contribution in [2.24, 2.45) is 0 Å². The van der Waals surface area contributed by atoms with Gasteiger partial charge in [0, 0.05) is 13.1 Å². The van der Waals surface area contributed by atoms with E-state index in [1.807, 2.05) is 14.0 Å². The third-order valence-corrected chi connectivity index (χ3v) is 3.80. The van der Waals surface area contributed by atoms with Crippen LogP contribution in [0, 0.1) is 0 Å². The highest BCUT2D eigenvalue weighted by Crippen LogP contribution is 2.30. The van der Waals surface area contributed by atoms with Gasteiger partial charge in [-0.1, -0.05) is 19.1 Å². The van der Waals surface area contributed by atoms with E-state index < -0.39 is 0 Å². The van der Waals surface area contributed by atoms with Gasteiger partial charge < -0.3 is 14.8 Å². The van der Waals surface area contributed by atoms with E-state index in [1.165, 1.54) is 5.56 Å². The molecular formula is C16H26N2O2. The summed E-state index contributed by atoms with van der Waals surface area (Å²) in [6.45, 7) is 8.64. The lowest BCUT2D eigenvalue weighted by Crippen LogP contribution is -2.48. The number of morpholine rings is 1. The summed E-state index contributed by atoms with van der Waals surface area (Å²) in [6, 6.07) is 8.75. The first-order valence-electron chi connectivity index (χ1n) is 7.53. The molecule has 1 N–H and O–H groups in total. The van der Waals surface area contributed by atoms with Gasteiger partial charge in [0.05, 0.1) is 25.4 Å². The van der Waals surface area contributed by atoms with Gasteiger partial charge in [0.1, 0.15) is 5.75 Å². The summed E-state index contributed by atoms with van der Waals surface area (Å²) < 4.78 is 11.5. The lowest BCUT2D eigenvalue weighted by Gasteiger charge is -2.41. The summed E-state index contributed by atoms with van der Waals surface area (Å²) in [6.07, 6.45) is 0.201. The van der Waals surface area contributed by atoms with E-state index in [0.29, 0.717) is 12.6 Å². The SMILES string of the molecule is CCOc1ccc(C2C(CNC)OCCN2CC)cc1. The van der Waals surface area contributed by atoms with Gasteiger partial charge in [0.25, 0.3) is 0 Å². The van der Waals surface area contributed by atoms with Crippen LogP contribution in [0.15, 0.2) is 24.3 Å². The zero-order valence-electron chi connectivity index (χ0n) is 12.8. The monoisotopic (exact) mass is 278 g/mol. The molecule has 4 nitrogen and oxygen atoms in total. The van der Waals surface area contributed by atoms with Crippen molar-refractivity contribution in [3.8, 4) is 5.75 Å². The number of likely N-dealkylation sites (N-methyl/N-ethyl adjacent to an activating group) is 2. The number of nitrogens with one attached hydrogen (secondary N) is 1. The van der Waals surface area contributed by atoms with E-state index in [1.54, 1.807) is 0 Å². The Morgan fingerprint density at radius 2 is 2.05 bits per heavy atom. The Bertz CT molecular complexity index is 392. The normalized spacial score (nSPS) is 23.8. The fourth-order valence-electron chi connectivity index (χ4n) is 2.87. The maximum Gasteiger partial charge on any atom is 0.119 e. The van der Waals surface area contributed by atoms with E-state index >= 15 is 0 Å². The second-order valence-corrected chi connectivity index (χ2v) is 5.04. The quantitative estimate of drug-likeness (QED) is 0.863. The molecule has 1 aromatic rings.